The lowest BCUT2D eigenvalue weighted by atomic mass is 10.0. The molecule has 392 valence electrons. The van der Waals surface area contributed by atoms with E-state index in [1.54, 1.807) is 60.7 Å². The maximum atomic E-state index is 14.6. The molecule has 0 fully saturated rings. The van der Waals surface area contributed by atoms with Crippen LogP contribution in [0.5, 0.6) is 11.5 Å². The van der Waals surface area contributed by atoms with Crippen molar-refractivity contribution in [1.82, 2.24) is 9.97 Å². The standard InChI is InChI=1S/C57H48F2N6O8S4/c1-32-60-40(30-74-32)48-22-24-50(76-48)54-62(3)42-20-16-34(58)28-38(42)56(70)64(54)44-12-5-7-14-46(44)72-52(68)26-18-36(66)10-9-11-37(67)19-27-53(69)73-47-15-8-6-13-45(47)65-55(51-25-23-49(77-51)41-31-75-33(2)61-41)63(4)43-21-17-35(59)29-39(43)57(65)71/h5-8,12-17,20-25,28-31,54-55H,9-11,18-19,26-27H2,1-4H3. The molecule has 77 heavy (non-hydrogen) atoms. The van der Waals surface area contributed by atoms with E-state index in [4.69, 9.17) is 9.47 Å². The maximum Gasteiger partial charge on any atom is 0.311 e. The van der Waals surface area contributed by atoms with Crippen LogP contribution in [0.2, 0.25) is 0 Å². The molecule has 4 aromatic heterocycles. The van der Waals surface area contributed by atoms with Crippen LogP contribution in [0.15, 0.2) is 120 Å². The molecule has 2 atom stereocenters. The Morgan fingerprint density at radius 3 is 1.35 bits per heavy atom. The Balaban J connectivity index is 0.742. The molecule has 20 heteroatoms. The first kappa shape index (κ1) is 52.7. The zero-order valence-corrected chi connectivity index (χ0v) is 45.3. The van der Waals surface area contributed by atoms with Gasteiger partial charge in [0.2, 0.25) is 0 Å². The Kier molecular flexibility index (Phi) is 15.3. The molecule has 0 bridgehead atoms. The van der Waals surface area contributed by atoms with Crippen LogP contribution in [-0.4, -0.2) is 59.4 Å². The summed E-state index contributed by atoms with van der Waals surface area (Å²) in [5.41, 5.74) is 3.49. The lowest BCUT2D eigenvalue weighted by Gasteiger charge is -2.43. The summed E-state index contributed by atoms with van der Waals surface area (Å²) in [5.74, 6) is -3.97. The summed E-state index contributed by atoms with van der Waals surface area (Å²) in [4.78, 5) is 101. The summed E-state index contributed by atoms with van der Waals surface area (Å²) in [7, 11) is 3.62. The van der Waals surface area contributed by atoms with Gasteiger partial charge in [-0.3, -0.25) is 38.6 Å². The number of carbonyl (C=O) groups is 6. The number of thiophene rings is 2. The fraction of sp³-hybridized carbons (Fsp3) is 0.228. The Morgan fingerprint density at radius 2 is 0.948 bits per heavy atom. The number of benzene rings is 4. The second kappa shape index (κ2) is 22.4. The number of para-hydroxylation sites is 4. The van der Waals surface area contributed by atoms with Crippen molar-refractivity contribution in [2.75, 3.05) is 33.7 Å². The highest BCUT2D eigenvalue weighted by molar-refractivity contribution is 7.16. The molecule has 0 aliphatic carbocycles. The van der Waals surface area contributed by atoms with E-state index in [9.17, 15) is 37.5 Å². The third-order valence-electron chi connectivity index (χ3n) is 13.1. The molecule has 8 aromatic rings. The van der Waals surface area contributed by atoms with E-state index in [1.807, 2.05) is 72.8 Å². The van der Waals surface area contributed by atoms with Gasteiger partial charge in [-0.2, -0.15) is 0 Å². The third kappa shape index (κ3) is 11.1. The highest BCUT2D eigenvalue weighted by atomic mass is 32.1. The molecule has 2 aliphatic heterocycles. The summed E-state index contributed by atoms with van der Waals surface area (Å²) in [6.07, 6.45) is -2.09. The van der Waals surface area contributed by atoms with E-state index in [2.05, 4.69) is 9.97 Å². The number of amides is 2. The van der Waals surface area contributed by atoms with Crippen molar-refractivity contribution < 1.29 is 47.0 Å². The number of nitrogens with zero attached hydrogens (tertiary/aromatic N) is 6. The van der Waals surface area contributed by atoms with Gasteiger partial charge in [0.1, 0.15) is 35.5 Å². The van der Waals surface area contributed by atoms with E-state index in [0.717, 1.165) is 40.9 Å². The molecule has 0 radical (unpaired) electrons. The molecule has 14 nitrogen and oxygen atoms in total. The van der Waals surface area contributed by atoms with Gasteiger partial charge in [-0.05, 0) is 105 Å². The van der Waals surface area contributed by atoms with Crippen molar-refractivity contribution in [1.29, 1.82) is 0 Å². The number of ketones is 2. The van der Waals surface area contributed by atoms with Crippen LogP contribution in [0.3, 0.4) is 0 Å². The van der Waals surface area contributed by atoms with Gasteiger partial charge in [0.15, 0.2) is 11.5 Å². The zero-order valence-electron chi connectivity index (χ0n) is 42.0. The topological polar surface area (TPSA) is 160 Å². The second-order valence-electron chi connectivity index (χ2n) is 18.4. The summed E-state index contributed by atoms with van der Waals surface area (Å²) < 4.78 is 41.0. The number of aromatic nitrogens is 2. The van der Waals surface area contributed by atoms with Gasteiger partial charge >= 0.3 is 11.9 Å². The number of ether oxygens (including phenoxy) is 2. The number of hydrogen-bond donors (Lipinski definition) is 0. The Hall–Kier alpha value is -7.78. The quantitative estimate of drug-likeness (QED) is 0.0592. The van der Waals surface area contributed by atoms with Gasteiger partial charge in [-0.25, -0.2) is 18.7 Å². The highest BCUT2D eigenvalue weighted by Crippen LogP contribution is 2.48. The van der Waals surface area contributed by atoms with Crippen LogP contribution >= 0.6 is 45.3 Å². The zero-order chi connectivity index (χ0) is 54.1. The predicted molar refractivity (Wildman–Crippen MR) is 296 cm³/mol. The van der Waals surface area contributed by atoms with Crippen LogP contribution in [0.4, 0.5) is 31.5 Å². The van der Waals surface area contributed by atoms with Crippen molar-refractivity contribution in [2.45, 2.75) is 71.1 Å². The minimum absolute atomic E-state index is 0.00458. The Morgan fingerprint density at radius 1 is 0.532 bits per heavy atom. The van der Waals surface area contributed by atoms with Gasteiger partial charge in [-0.15, -0.1) is 45.3 Å². The number of esters is 2. The summed E-state index contributed by atoms with van der Waals surface area (Å²) in [6.45, 7) is 3.85. The molecular weight excluding hydrogens is 1060 g/mol. The largest absolute Gasteiger partial charge is 0.424 e. The number of anilines is 4. The van der Waals surface area contributed by atoms with E-state index < -0.39 is 47.7 Å². The third-order valence-corrected chi connectivity index (χ3v) is 17.0. The number of thiazole rings is 2. The first-order valence-electron chi connectivity index (χ1n) is 24.5. The number of Topliss-reactive ketones (excluding diaryl/α,β-unsaturated/α-hetero) is 2. The van der Waals surface area contributed by atoms with Crippen LogP contribution < -0.4 is 29.1 Å². The van der Waals surface area contributed by atoms with Crippen molar-refractivity contribution in [3.05, 3.63) is 162 Å². The molecule has 0 N–H and O–H groups in total. The SMILES string of the molecule is Cc1nc(-c2ccc(C3N(C)c4ccc(F)cc4C(=O)N3c3ccccc3OC(=O)CCC(=O)CCCC(=O)CCC(=O)Oc3ccccc3N3C(=O)c4cc(F)ccc4N(C)C3c3ccc(-c4csc(C)n4)s3)s2)cs1. The molecule has 0 spiro atoms. The Bertz CT molecular complexity index is 3380. The summed E-state index contributed by atoms with van der Waals surface area (Å²) >= 11 is 5.98. The van der Waals surface area contributed by atoms with Crippen LogP contribution in [0, 0.1) is 25.5 Å². The monoisotopic (exact) mass is 1110 g/mol. The average Bonchev–Trinajstić information content (AvgIpc) is 4.27. The highest BCUT2D eigenvalue weighted by Gasteiger charge is 2.42. The Labute approximate surface area is 457 Å². The fourth-order valence-corrected chi connectivity index (χ4v) is 13.0. The first-order chi connectivity index (χ1) is 37.1. The van der Waals surface area contributed by atoms with Crippen molar-refractivity contribution in [3.63, 3.8) is 0 Å². The number of rotatable bonds is 18. The maximum absolute atomic E-state index is 14.6. The van der Waals surface area contributed by atoms with Crippen LogP contribution in [0.25, 0.3) is 21.1 Å². The van der Waals surface area contributed by atoms with Gasteiger partial charge in [0, 0.05) is 60.3 Å². The molecule has 0 saturated carbocycles. The lowest BCUT2D eigenvalue weighted by Crippen LogP contribution is -2.48. The van der Waals surface area contributed by atoms with Crippen molar-refractivity contribution >= 4 is 103 Å². The first-order valence-corrected chi connectivity index (χ1v) is 27.9. The van der Waals surface area contributed by atoms with E-state index in [0.29, 0.717) is 11.4 Å². The second-order valence-corrected chi connectivity index (χ2v) is 22.7. The smallest absolute Gasteiger partial charge is 0.311 e. The van der Waals surface area contributed by atoms with E-state index >= 15 is 0 Å². The van der Waals surface area contributed by atoms with Gasteiger partial charge in [0.25, 0.3) is 11.8 Å². The number of carbonyl (C=O) groups excluding carboxylic acids is 6. The molecular formula is C57H48F2N6O8S4. The number of aryl methyl sites for hydroxylation is 2. The minimum Gasteiger partial charge on any atom is -0.424 e. The van der Waals surface area contributed by atoms with Crippen molar-refractivity contribution in [2.24, 2.45) is 0 Å². The summed E-state index contributed by atoms with van der Waals surface area (Å²) in [5, 5.41) is 5.76. The van der Waals surface area contributed by atoms with Crippen molar-refractivity contribution in [3.8, 4) is 32.6 Å². The predicted octanol–water partition coefficient (Wildman–Crippen LogP) is 12.9. The molecule has 0 saturated heterocycles. The van der Waals surface area contributed by atoms with Crippen LogP contribution in [0.1, 0.15) is 97.8 Å². The summed E-state index contributed by atoms with van der Waals surface area (Å²) in [6, 6.07) is 28.9. The molecule has 2 aliphatic rings. The van der Waals surface area contributed by atoms with Gasteiger partial charge in [-0.1, -0.05) is 24.3 Å². The number of hydrogen-bond acceptors (Lipinski definition) is 16. The molecule has 2 amide bonds. The fourth-order valence-electron chi connectivity index (χ4n) is 9.44. The van der Waals surface area contributed by atoms with Gasteiger partial charge in [0.05, 0.1) is 77.9 Å². The van der Waals surface area contributed by atoms with E-state index in [-0.39, 0.29) is 90.5 Å². The normalized spacial score (nSPS) is 15.1. The molecule has 10 rings (SSSR count). The molecule has 4 aromatic carbocycles. The minimum atomic E-state index is -0.714. The molecule has 2 unspecified atom stereocenters. The average molecular weight is 1110 g/mol. The number of fused-ring (bicyclic) bond motifs is 2. The molecule has 6 heterocycles. The van der Waals surface area contributed by atoms with Gasteiger partial charge < -0.3 is 19.3 Å². The number of halogens is 2. The lowest BCUT2D eigenvalue weighted by molar-refractivity contribution is -0.136. The van der Waals surface area contributed by atoms with E-state index in [1.165, 1.54) is 79.4 Å². The van der Waals surface area contributed by atoms with Crippen LogP contribution in [-0.2, 0) is 19.2 Å².